The molecule has 2 heterocycles. The van der Waals surface area contributed by atoms with Crippen LogP contribution in [-0.2, 0) is 0 Å². The zero-order valence-corrected chi connectivity index (χ0v) is 12.2. The number of aryl methyl sites for hydroxylation is 1. The number of β-amino-alcohol motifs (C(OH)–C–C–N with tert-alkyl or cyclic N) is 1. The second-order valence-electron chi connectivity index (χ2n) is 5.50. The average molecular weight is 284 g/mol. The van der Waals surface area contributed by atoms with Crippen LogP contribution in [-0.4, -0.2) is 34.3 Å². The summed E-state index contributed by atoms with van der Waals surface area (Å²) >= 11 is 0. The van der Waals surface area contributed by atoms with Gasteiger partial charge in [0, 0.05) is 24.8 Å². The van der Waals surface area contributed by atoms with Gasteiger partial charge in [0.1, 0.15) is 18.0 Å². The van der Waals surface area contributed by atoms with Gasteiger partial charge in [-0.15, -0.1) is 0 Å². The molecule has 1 aliphatic rings. The van der Waals surface area contributed by atoms with Crippen LogP contribution in [0.5, 0.6) is 0 Å². The minimum atomic E-state index is -0.262. The Kier molecular flexibility index (Phi) is 4.01. The molecule has 21 heavy (non-hydrogen) atoms. The first kappa shape index (κ1) is 13.8. The summed E-state index contributed by atoms with van der Waals surface area (Å²) < 4.78 is 0. The highest BCUT2D eigenvalue weighted by atomic mass is 16.3. The fourth-order valence-electron chi connectivity index (χ4n) is 2.62. The number of nitrogens with one attached hydrogen (secondary N) is 1. The number of benzene rings is 1. The van der Waals surface area contributed by atoms with Gasteiger partial charge in [-0.2, -0.15) is 0 Å². The molecule has 0 aliphatic carbocycles. The highest BCUT2D eigenvalue weighted by Crippen LogP contribution is 2.21. The van der Waals surface area contributed by atoms with Crippen LogP contribution in [0.1, 0.15) is 18.4 Å². The minimum absolute atomic E-state index is 0.262. The molecular weight excluding hydrogens is 264 g/mol. The van der Waals surface area contributed by atoms with E-state index in [2.05, 4.69) is 39.2 Å². The summed E-state index contributed by atoms with van der Waals surface area (Å²) in [6, 6.07) is 10.1. The van der Waals surface area contributed by atoms with E-state index >= 15 is 0 Å². The first-order chi connectivity index (χ1) is 10.2. The van der Waals surface area contributed by atoms with Crippen molar-refractivity contribution in [3.05, 3.63) is 42.2 Å². The molecule has 0 bridgehead atoms. The normalized spacial score (nSPS) is 18.6. The molecule has 1 fully saturated rings. The van der Waals surface area contributed by atoms with Crippen LogP contribution >= 0.6 is 0 Å². The standard InChI is InChI=1S/C16H20N4O/c1-12-4-2-5-13(8-12)19-15-9-16(18-11-17-15)20-7-3-6-14(21)10-20/h2,4-5,8-9,11,14,21H,3,6-7,10H2,1H3,(H,17,18,19). The molecule has 1 aliphatic heterocycles. The van der Waals surface area contributed by atoms with E-state index in [1.165, 1.54) is 5.56 Å². The van der Waals surface area contributed by atoms with Gasteiger partial charge in [0.25, 0.3) is 0 Å². The Balaban J connectivity index is 1.76. The monoisotopic (exact) mass is 284 g/mol. The molecule has 5 nitrogen and oxygen atoms in total. The van der Waals surface area contributed by atoms with Crippen LogP contribution in [0, 0.1) is 6.92 Å². The summed E-state index contributed by atoms with van der Waals surface area (Å²) in [5.74, 6) is 1.63. The van der Waals surface area contributed by atoms with Gasteiger partial charge in [-0.25, -0.2) is 9.97 Å². The van der Waals surface area contributed by atoms with E-state index in [9.17, 15) is 5.11 Å². The van der Waals surface area contributed by atoms with E-state index < -0.39 is 0 Å². The van der Waals surface area contributed by atoms with Gasteiger partial charge < -0.3 is 15.3 Å². The predicted molar refractivity (Wildman–Crippen MR) is 83.9 cm³/mol. The molecule has 0 radical (unpaired) electrons. The molecule has 5 heteroatoms. The van der Waals surface area contributed by atoms with Crippen molar-refractivity contribution in [1.82, 2.24) is 9.97 Å². The van der Waals surface area contributed by atoms with Gasteiger partial charge in [0.2, 0.25) is 0 Å². The van der Waals surface area contributed by atoms with E-state index in [0.717, 1.165) is 36.7 Å². The van der Waals surface area contributed by atoms with Crippen LogP contribution in [0.3, 0.4) is 0 Å². The molecule has 3 rings (SSSR count). The number of aromatic nitrogens is 2. The third kappa shape index (κ3) is 3.49. The summed E-state index contributed by atoms with van der Waals surface area (Å²) in [7, 11) is 0. The van der Waals surface area contributed by atoms with E-state index in [1.807, 2.05) is 18.2 Å². The van der Waals surface area contributed by atoms with Crippen molar-refractivity contribution in [3.63, 3.8) is 0 Å². The number of aliphatic hydroxyl groups excluding tert-OH is 1. The molecule has 1 aromatic heterocycles. The van der Waals surface area contributed by atoms with Crippen molar-refractivity contribution in [2.24, 2.45) is 0 Å². The van der Waals surface area contributed by atoms with E-state index in [1.54, 1.807) is 6.33 Å². The number of piperidine rings is 1. The largest absolute Gasteiger partial charge is 0.391 e. The smallest absolute Gasteiger partial charge is 0.135 e. The van der Waals surface area contributed by atoms with Crippen molar-refractivity contribution in [2.75, 3.05) is 23.3 Å². The minimum Gasteiger partial charge on any atom is -0.391 e. The Morgan fingerprint density at radius 2 is 2.19 bits per heavy atom. The first-order valence-corrected chi connectivity index (χ1v) is 7.29. The predicted octanol–water partition coefficient (Wildman–Crippen LogP) is 2.49. The zero-order valence-electron chi connectivity index (χ0n) is 12.2. The number of anilines is 3. The van der Waals surface area contributed by atoms with Gasteiger partial charge >= 0.3 is 0 Å². The maximum Gasteiger partial charge on any atom is 0.135 e. The molecule has 0 spiro atoms. The van der Waals surface area contributed by atoms with Crippen molar-refractivity contribution in [1.29, 1.82) is 0 Å². The fraction of sp³-hybridized carbons (Fsp3) is 0.375. The molecule has 1 unspecified atom stereocenters. The molecule has 1 aromatic carbocycles. The average Bonchev–Trinajstić information content (AvgIpc) is 2.47. The summed E-state index contributed by atoms with van der Waals surface area (Å²) in [6.07, 6.45) is 3.16. The zero-order chi connectivity index (χ0) is 14.7. The SMILES string of the molecule is Cc1cccc(Nc2cc(N3CCCC(O)C3)ncn2)c1. The van der Waals surface area contributed by atoms with Crippen LogP contribution in [0.25, 0.3) is 0 Å². The van der Waals surface area contributed by atoms with Crippen LogP contribution in [0.2, 0.25) is 0 Å². The topological polar surface area (TPSA) is 61.3 Å². The summed E-state index contributed by atoms with van der Waals surface area (Å²) in [5.41, 5.74) is 2.21. The molecule has 1 atom stereocenters. The first-order valence-electron chi connectivity index (χ1n) is 7.29. The summed E-state index contributed by atoms with van der Waals surface area (Å²) in [6.45, 7) is 3.63. The number of hydrogen-bond acceptors (Lipinski definition) is 5. The quantitative estimate of drug-likeness (QED) is 0.906. The molecule has 0 saturated carbocycles. The highest BCUT2D eigenvalue weighted by Gasteiger charge is 2.19. The van der Waals surface area contributed by atoms with Crippen molar-refractivity contribution >= 4 is 17.3 Å². The second-order valence-corrected chi connectivity index (χ2v) is 5.50. The lowest BCUT2D eigenvalue weighted by Gasteiger charge is -2.31. The molecule has 110 valence electrons. The van der Waals surface area contributed by atoms with Gasteiger partial charge in [0.05, 0.1) is 6.10 Å². The Morgan fingerprint density at radius 1 is 1.29 bits per heavy atom. The Bertz CT molecular complexity index is 617. The lowest BCUT2D eigenvalue weighted by molar-refractivity contribution is 0.154. The Hall–Kier alpha value is -2.14. The molecule has 2 N–H and O–H groups in total. The Morgan fingerprint density at radius 3 is 3.00 bits per heavy atom. The van der Waals surface area contributed by atoms with Crippen LogP contribution in [0.4, 0.5) is 17.3 Å². The number of hydrogen-bond donors (Lipinski definition) is 2. The maximum absolute atomic E-state index is 9.78. The lowest BCUT2D eigenvalue weighted by Crippen LogP contribution is -2.38. The van der Waals surface area contributed by atoms with Crippen LogP contribution in [0.15, 0.2) is 36.7 Å². The summed E-state index contributed by atoms with van der Waals surface area (Å²) in [5, 5.41) is 13.1. The number of aliphatic hydroxyl groups is 1. The van der Waals surface area contributed by atoms with E-state index in [0.29, 0.717) is 6.54 Å². The molecule has 2 aromatic rings. The van der Waals surface area contributed by atoms with Gasteiger partial charge in [0.15, 0.2) is 0 Å². The molecule has 1 saturated heterocycles. The highest BCUT2D eigenvalue weighted by molar-refractivity contribution is 5.60. The third-order valence-electron chi connectivity index (χ3n) is 3.66. The maximum atomic E-state index is 9.78. The van der Waals surface area contributed by atoms with Gasteiger partial charge in [-0.05, 0) is 37.5 Å². The lowest BCUT2D eigenvalue weighted by atomic mass is 10.1. The molecular formula is C16H20N4O. The fourth-order valence-corrected chi connectivity index (χ4v) is 2.62. The Labute approximate surface area is 124 Å². The van der Waals surface area contributed by atoms with Crippen molar-refractivity contribution in [2.45, 2.75) is 25.9 Å². The number of nitrogens with zero attached hydrogens (tertiary/aromatic N) is 3. The van der Waals surface area contributed by atoms with Crippen LogP contribution < -0.4 is 10.2 Å². The van der Waals surface area contributed by atoms with Gasteiger partial charge in [-0.3, -0.25) is 0 Å². The third-order valence-corrected chi connectivity index (χ3v) is 3.66. The summed E-state index contributed by atoms with van der Waals surface area (Å²) in [4.78, 5) is 10.7. The van der Waals surface area contributed by atoms with E-state index in [-0.39, 0.29) is 6.10 Å². The van der Waals surface area contributed by atoms with Gasteiger partial charge in [-0.1, -0.05) is 12.1 Å². The number of rotatable bonds is 3. The van der Waals surface area contributed by atoms with Crippen molar-refractivity contribution in [3.8, 4) is 0 Å². The van der Waals surface area contributed by atoms with E-state index in [4.69, 9.17) is 0 Å². The molecule has 0 amide bonds. The van der Waals surface area contributed by atoms with Crippen molar-refractivity contribution < 1.29 is 5.11 Å². The second kappa shape index (κ2) is 6.10.